The second-order valence-corrected chi connectivity index (χ2v) is 6.85. The molecule has 0 heterocycles. The summed E-state index contributed by atoms with van der Waals surface area (Å²) < 4.78 is 27.9. The zero-order valence-corrected chi connectivity index (χ0v) is 13.1. The van der Waals surface area contributed by atoms with Crippen molar-refractivity contribution in [1.82, 2.24) is 0 Å². The second-order valence-electron chi connectivity index (χ2n) is 4.25. The smallest absolute Gasteiger partial charge is 0.261 e. The molecule has 0 fully saturated rings. The average Bonchev–Trinajstić information content (AvgIpc) is 2.41. The molecule has 0 aliphatic heterocycles. The number of anilines is 1. The molecule has 0 bridgehead atoms. The van der Waals surface area contributed by atoms with Gasteiger partial charge in [-0.15, -0.1) is 6.42 Å². The molecule has 1 N–H and O–H groups in total. The standard InChI is InChI=1S/C15H12BrNO2S/c1-3-12-10-13(16)6-9-15(12)17-20(18,19)14-7-4-11(2)5-8-14/h1,4-10,17H,2H3. The fraction of sp³-hybridized carbons (Fsp3) is 0.0667. The third kappa shape index (κ3) is 3.21. The van der Waals surface area contributed by atoms with E-state index in [9.17, 15) is 8.42 Å². The zero-order valence-electron chi connectivity index (χ0n) is 10.7. The van der Waals surface area contributed by atoms with Gasteiger partial charge in [0.15, 0.2) is 0 Å². The maximum atomic E-state index is 12.3. The predicted molar refractivity (Wildman–Crippen MR) is 84.1 cm³/mol. The number of terminal acetylenes is 1. The molecule has 20 heavy (non-hydrogen) atoms. The van der Waals surface area contributed by atoms with Gasteiger partial charge < -0.3 is 0 Å². The Kier molecular flexibility index (Phi) is 4.17. The SMILES string of the molecule is C#Cc1cc(Br)ccc1NS(=O)(=O)c1ccc(C)cc1. The molecule has 5 heteroatoms. The van der Waals surface area contributed by atoms with E-state index in [1.807, 2.05) is 6.92 Å². The topological polar surface area (TPSA) is 46.2 Å². The number of nitrogens with one attached hydrogen (secondary N) is 1. The Morgan fingerprint density at radius 2 is 1.80 bits per heavy atom. The normalized spacial score (nSPS) is 10.8. The highest BCUT2D eigenvalue weighted by Gasteiger charge is 2.15. The van der Waals surface area contributed by atoms with Crippen molar-refractivity contribution in [2.24, 2.45) is 0 Å². The first-order chi connectivity index (χ1) is 9.42. The van der Waals surface area contributed by atoms with Gasteiger partial charge in [0.25, 0.3) is 10.0 Å². The lowest BCUT2D eigenvalue weighted by molar-refractivity contribution is 0.601. The first-order valence-corrected chi connectivity index (χ1v) is 8.05. The molecule has 0 radical (unpaired) electrons. The first kappa shape index (κ1) is 14.6. The van der Waals surface area contributed by atoms with Gasteiger partial charge in [-0.1, -0.05) is 39.5 Å². The lowest BCUT2D eigenvalue weighted by Crippen LogP contribution is -2.13. The Balaban J connectivity index is 2.39. The van der Waals surface area contributed by atoms with Crippen LogP contribution in [0.4, 0.5) is 5.69 Å². The van der Waals surface area contributed by atoms with E-state index < -0.39 is 10.0 Å². The Morgan fingerprint density at radius 3 is 2.40 bits per heavy atom. The molecule has 0 saturated carbocycles. The van der Waals surface area contributed by atoms with Crippen molar-refractivity contribution in [2.45, 2.75) is 11.8 Å². The Morgan fingerprint density at radius 1 is 1.15 bits per heavy atom. The van der Waals surface area contributed by atoms with E-state index in [4.69, 9.17) is 6.42 Å². The fourth-order valence-corrected chi connectivity index (χ4v) is 3.09. The highest BCUT2D eigenvalue weighted by molar-refractivity contribution is 9.10. The third-order valence-corrected chi connectivity index (χ3v) is 4.59. The summed E-state index contributed by atoms with van der Waals surface area (Å²) in [6.45, 7) is 1.90. The van der Waals surface area contributed by atoms with Gasteiger partial charge in [0, 0.05) is 10.0 Å². The molecule has 0 unspecified atom stereocenters. The quantitative estimate of drug-likeness (QED) is 0.861. The molecule has 0 amide bonds. The molecule has 0 atom stereocenters. The zero-order chi connectivity index (χ0) is 14.8. The summed E-state index contributed by atoms with van der Waals surface area (Å²) in [6, 6.07) is 11.7. The minimum Gasteiger partial charge on any atom is -0.278 e. The van der Waals surface area contributed by atoms with Crippen LogP contribution in [0.2, 0.25) is 0 Å². The molecule has 0 spiro atoms. The van der Waals surface area contributed by atoms with Crippen LogP contribution in [0.3, 0.4) is 0 Å². The van der Waals surface area contributed by atoms with E-state index >= 15 is 0 Å². The number of benzene rings is 2. The summed E-state index contributed by atoms with van der Waals surface area (Å²) in [5.41, 5.74) is 1.86. The van der Waals surface area contributed by atoms with E-state index in [1.165, 1.54) is 0 Å². The molecule has 2 aromatic rings. The van der Waals surface area contributed by atoms with Crippen LogP contribution in [0.5, 0.6) is 0 Å². The van der Waals surface area contributed by atoms with Crippen LogP contribution in [-0.2, 0) is 10.0 Å². The molecule has 0 aromatic heterocycles. The number of rotatable bonds is 3. The summed E-state index contributed by atoms with van der Waals surface area (Å²) in [6.07, 6.45) is 5.39. The van der Waals surface area contributed by atoms with Crippen molar-refractivity contribution >= 4 is 31.6 Å². The summed E-state index contributed by atoms with van der Waals surface area (Å²) in [4.78, 5) is 0.203. The minimum absolute atomic E-state index is 0.203. The van der Waals surface area contributed by atoms with Gasteiger partial charge in [0.1, 0.15) is 0 Å². The number of hydrogen-bond donors (Lipinski definition) is 1. The number of hydrogen-bond acceptors (Lipinski definition) is 2. The molecular formula is C15H12BrNO2S. The summed E-state index contributed by atoms with van der Waals surface area (Å²) in [7, 11) is -3.64. The second kappa shape index (κ2) is 5.70. The van der Waals surface area contributed by atoms with Gasteiger partial charge in [-0.05, 0) is 37.3 Å². The average molecular weight is 350 g/mol. The maximum Gasteiger partial charge on any atom is 0.261 e. The molecule has 0 saturated heterocycles. The van der Waals surface area contributed by atoms with E-state index in [2.05, 4.69) is 26.6 Å². The van der Waals surface area contributed by atoms with E-state index in [0.717, 1.165) is 10.0 Å². The van der Waals surface area contributed by atoms with Crippen LogP contribution >= 0.6 is 15.9 Å². The van der Waals surface area contributed by atoms with Gasteiger partial charge in [-0.3, -0.25) is 4.72 Å². The van der Waals surface area contributed by atoms with Crippen molar-refractivity contribution in [2.75, 3.05) is 4.72 Å². The summed E-state index contributed by atoms with van der Waals surface area (Å²) in [5, 5.41) is 0. The third-order valence-electron chi connectivity index (χ3n) is 2.71. The van der Waals surface area contributed by atoms with Crippen LogP contribution in [0.1, 0.15) is 11.1 Å². The number of halogens is 1. The van der Waals surface area contributed by atoms with Crippen LogP contribution < -0.4 is 4.72 Å². The lowest BCUT2D eigenvalue weighted by Gasteiger charge is -2.10. The number of aryl methyl sites for hydroxylation is 1. The van der Waals surface area contributed by atoms with Crippen molar-refractivity contribution in [1.29, 1.82) is 0 Å². The van der Waals surface area contributed by atoms with Gasteiger partial charge in [-0.25, -0.2) is 8.42 Å². The minimum atomic E-state index is -3.64. The molecular weight excluding hydrogens is 338 g/mol. The largest absolute Gasteiger partial charge is 0.278 e. The molecule has 0 aliphatic rings. The van der Waals surface area contributed by atoms with Crippen LogP contribution in [0.15, 0.2) is 51.8 Å². The molecule has 0 aliphatic carbocycles. The van der Waals surface area contributed by atoms with Crippen LogP contribution in [0, 0.1) is 19.3 Å². The van der Waals surface area contributed by atoms with Crippen molar-refractivity contribution in [3.8, 4) is 12.3 Å². The highest BCUT2D eigenvalue weighted by Crippen LogP contribution is 2.23. The van der Waals surface area contributed by atoms with Crippen molar-refractivity contribution in [3.05, 3.63) is 58.1 Å². The lowest BCUT2D eigenvalue weighted by atomic mass is 10.2. The van der Waals surface area contributed by atoms with Gasteiger partial charge >= 0.3 is 0 Å². The summed E-state index contributed by atoms with van der Waals surface area (Å²) in [5.74, 6) is 2.46. The maximum absolute atomic E-state index is 12.3. The Bertz CT molecular complexity index is 775. The van der Waals surface area contributed by atoms with Gasteiger partial charge in [0.05, 0.1) is 10.6 Å². The Labute approximate surface area is 127 Å². The van der Waals surface area contributed by atoms with Gasteiger partial charge in [0.2, 0.25) is 0 Å². The van der Waals surface area contributed by atoms with Crippen molar-refractivity contribution < 1.29 is 8.42 Å². The van der Waals surface area contributed by atoms with E-state index in [1.54, 1.807) is 42.5 Å². The summed E-state index contributed by atoms with van der Waals surface area (Å²) >= 11 is 3.30. The fourth-order valence-electron chi connectivity index (χ4n) is 1.65. The highest BCUT2D eigenvalue weighted by atomic mass is 79.9. The molecule has 3 nitrogen and oxygen atoms in total. The van der Waals surface area contributed by atoms with E-state index in [-0.39, 0.29) is 4.90 Å². The first-order valence-electron chi connectivity index (χ1n) is 5.78. The molecule has 2 aromatic carbocycles. The van der Waals surface area contributed by atoms with Crippen LogP contribution in [-0.4, -0.2) is 8.42 Å². The Hall–Kier alpha value is -1.77. The number of sulfonamides is 1. The van der Waals surface area contributed by atoms with Crippen molar-refractivity contribution in [3.63, 3.8) is 0 Å². The van der Waals surface area contributed by atoms with E-state index in [0.29, 0.717) is 11.3 Å². The molecule has 2 rings (SSSR count). The molecule has 102 valence electrons. The van der Waals surface area contributed by atoms with Gasteiger partial charge in [-0.2, -0.15) is 0 Å². The predicted octanol–water partition coefficient (Wildman–Crippen LogP) is 3.54. The van der Waals surface area contributed by atoms with Crippen LogP contribution in [0.25, 0.3) is 0 Å². The monoisotopic (exact) mass is 349 g/mol.